The summed E-state index contributed by atoms with van der Waals surface area (Å²) in [7, 11) is 0.567. The highest BCUT2D eigenvalue weighted by Crippen LogP contribution is 2.25. The Hall–Kier alpha value is -0.560. The normalized spacial score (nSPS) is 21.0. The third-order valence-electron chi connectivity index (χ3n) is 4.05. The molecule has 6 heteroatoms. The van der Waals surface area contributed by atoms with Gasteiger partial charge in [0.05, 0.1) is 4.90 Å². The van der Waals surface area contributed by atoms with Crippen LogP contribution in [0, 0.1) is 13.8 Å². The minimum Gasteiger partial charge on any atom is -0.308 e. The van der Waals surface area contributed by atoms with Crippen LogP contribution in [0.1, 0.15) is 17.5 Å². The predicted octanol–water partition coefficient (Wildman–Crippen LogP) is 2.36. The zero-order valence-corrected chi connectivity index (χ0v) is 15.5. The second kappa shape index (κ2) is 7.34. The molecule has 0 spiro atoms. The van der Waals surface area contributed by atoms with Gasteiger partial charge in [0.15, 0.2) is 0 Å². The largest absolute Gasteiger partial charge is 0.308 e. The summed E-state index contributed by atoms with van der Waals surface area (Å²) in [4.78, 5) is 2.49. The van der Waals surface area contributed by atoms with Gasteiger partial charge in [0.1, 0.15) is 0 Å². The zero-order valence-electron chi connectivity index (χ0n) is 13.9. The van der Waals surface area contributed by atoms with E-state index in [4.69, 9.17) is 0 Å². The van der Waals surface area contributed by atoms with E-state index in [1.54, 1.807) is 16.4 Å². The first-order valence-corrected chi connectivity index (χ1v) is 10.2. The highest BCUT2D eigenvalue weighted by molar-refractivity contribution is 7.99. The lowest BCUT2D eigenvalue weighted by atomic mass is 10.1. The molecule has 1 fully saturated rings. The molecule has 1 saturated heterocycles. The van der Waals surface area contributed by atoms with Gasteiger partial charge in [-0.3, -0.25) is 0 Å². The lowest BCUT2D eigenvalue weighted by Gasteiger charge is -2.31. The topological polar surface area (TPSA) is 40.6 Å². The number of aryl methyl sites for hydroxylation is 2. The molecule has 0 saturated carbocycles. The molecule has 1 aliphatic heterocycles. The van der Waals surface area contributed by atoms with Crippen molar-refractivity contribution in [3.63, 3.8) is 0 Å². The van der Waals surface area contributed by atoms with Crippen molar-refractivity contribution in [1.82, 2.24) is 9.21 Å². The van der Waals surface area contributed by atoms with Gasteiger partial charge in [-0.2, -0.15) is 16.1 Å². The van der Waals surface area contributed by atoms with Crippen molar-refractivity contribution >= 4 is 21.8 Å². The van der Waals surface area contributed by atoms with Crippen molar-refractivity contribution < 1.29 is 8.42 Å². The number of rotatable bonds is 4. The van der Waals surface area contributed by atoms with Crippen molar-refractivity contribution in [2.75, 3.05) is 38.7 Å². The molecule has 1 aromatic carbocycles. The summed E-state index contributed by atoms with van der Waals surface area (Å²) >= 11 is 1.85. The molecule has 1 atom stereocenters. The Morgan fingerprint density at radius 3 is 2.64 bits per heavy atom. The highest BCUT2D eigenvalue weighted by Gasteiger charge is 2.33. The van der Waals surface area contributed by atoms with E-state index in [-0.39, 0.29) is 6.04 Å². The van der Waals surface area contributed by atoms with Crippen molar-refractivity contribution in [2.45, 2.75) is 31.2 Å². The number of hydrogen-bond acceptors (Lipinski definition) is 4. The Morgan fingerprint density at radius 1 is 1.27 bits per heavy atom. The Kier molecular flexibility index (Phi) is 5.94. The molecule has 1 aromatic rings. The number of nitrogens with zero attached hydrogens (tertiary/aromatic N) is 2. The number of likely N-dealkylation sites (N-methyl/N-ethyl adjacent to an activating group) is 1. The molecule has 1 heterocycles. The average Bonchev–Trinajstić information content (AvgIpc) is 2.67. The molecule has 1 unspecified atom stereocenters. The van der Waals surface area contributed by atoms with Gasteiger partial charge in [-0.25, -0.2) is 8.42 Å². The summed E-state index contributed by atoms with van der Waals surface area (Å²) in [6.45, 7) is 5.34. The van der Waals surface area contributed by atoms with Crippen LogP contribution in [0.3, 0.4) is 0 Å². The molecule has 2 rings (SSSR count). The van der Waals surface area contributed by atoms with E-state index >= 15 is 0 Å². The highest BCUT2D eigenvalue weighted by atomic mass is 32.2. The molecule has 124 valence electrons. The quantitative estimate of drug-likeness (QED) is 0.842. The van der Waals surface area contributed by atoms with Gasteiger partial charge in [-0.1, -0.05) is 6.07 Å². The van der Waals surface area contributed by atoms with Crippen LogP contribution in [0.5, 0.6) is 0 Å². The molecule has 0 aliphatic carbocycles. The van der Waals surface area contributed by atoms with E-state index in [1.165, 1.54) is 0 Å². The number of sulfonamides is 1. The predicted molar refractivity (Wildman–Crippen MR) is 94.1 cm³/mol. The van der Waals surface area contributed by atoms with Crippen LogP contribution in [0.2, 0.25) is 0 Å². The standard InChI is InChI=1S/C16H26N2O2S2/c1-13-6-7-16(10-14(13)2)22(19,20)18-8-5-9-21-12-15(18)11-17(3)4/h6-7,10,15H,5,8-9,11-12H2,1-4H3. The minimum atomic E-state index is -3.43. The Bertz CT molecular complexity index is 615. The van der Waals surface area contributed by atoms with Crippen LogP contribution in [0.25, 0.3) is 0 Å². The van der Waals surface area contributed by atoms with Crippen LogP contribution in [0.15, 0.2) is 23.1 Å². The van der Waals surface area contributed by atoms with Crippen LogP contribution in [-0.2, 0) is 10.0 Å². The molecule has 0 bridgehead atoms. The third-order valence-corrected chi connectivity index (χ3v) is 7.19. The second-order valence-corrected chi connectivity index (χ2v) is 9.25. The fourth-order valence-corrected chi connectivity index (χ4v) is 5.59. The first-order chi connectivity index (χ1) is 10.3. The van der Waals surface area contributed by atoms with Gasteiger partial charge in [-0.05, 0) is 63.4 Å². The lowest BCUT2D eigenvalue weighted by Crippen LogP contribution is -2.46. The summed E-state index contributed by atoms with van der Waals surface area (Å²) in [6, 6.07) is 5.47. The van der Waals surface area contributed by atoms with E-state index in [9.17, 15) is 8.42 Å². The Balaban J connectivity index is 2.36. The number of hydrogen-bond donors (Lipinski definition) is 0. The van der Waals surface area contributed by atoms with Crippen molar-refractivity contribution in [3.8, 4) is 0 Å². The van der Waals surface area contributed by atoms with Crippen LogP contribution in [-0.4, -0.2) is 62.4 Å². The van der Waals surface area contributed by atoms with E-state index in [0.29, 0.717) is 11.4 Å². The van der Waals surface area contributed by atoms with Crippen LogP contribution >= 0.6 is 11.8 Å². The summed E-state index contributed by atoms with van der Waals surface area (Å²) in [5.74, 6) is 1.89. The molecule has 0 radical (unpaired) electrons. The van der Waals surface area contributed by atoms with Gasteiger partial charge in [0.25, 0.3) is 0 Å². The van der Waals surface area contributed by atoms with Gasteiger partial charge in [0.2, 0.25) is 10.0 Å². The average molecular weight is 343 g/mol. The monoisotopic (exact) mass is 342 g/mol. The molecule has 1 aliphatic rings. The maximum Gasteiger partial charge on any atom is 0.243 e. The maximum atomic E-state index is 13.1. The van der Waals surface area contributed by atoms with E-state index in [1.807, 2.05) is 45.8 Å². The van der Waals surface area contributed by atoms with Gasteiger partial charge < -0.3 is 4.90 Å². The maximum absolute atomic E-state index is 13.1. The molecule has 0 N–H and O–H groups in total. The fourth-order valence-electron chi connectivity index (χ4n) is 2.70. The van der Waals surface area contributed by atoms with Crippen molar-refractivity contribution in [2.24, 2.45) is 0 Å². The van der Waals surface area contributed by atoms with Gasteiger partial charge in [-0.15, -0.1) is 0 Å². The minimum absolute atomic E-state index is 0.0362. The number of thioether (sulfide) groups is 1. The molecule has 22 heavy (non-hydrogen) atoms. The van der Waals surface area contributed by atoms with Gasteiger partial charge >= 0.3 is 0 Å². The summed E-state index contributed by atoms with van der Waals surface area (Å²) in [5, 5.41) is 0. The van der Waals surface area contributed by atoms with E-state index in [2.05, 4.69) is 4.90 Å². The van der Waals surface area contributed by atoms with Crippen LogP contribution < -0.4 is 0 Å². The van der Waals surface area contributed by atoms with Gasteiger partial charge in [0, 0.05) is 24.9 Å². The zero-order chi connectivity index (χ0) is 16.3. The van der Waals surface area contributed by atoms with Crippen LogP contribution in [0.4, 0.5) is 0 Å². The third kappa shape index (κ3) is 4.04. The summed E-state index contributed by atoms with van der Waals surface area (Å²) < 4.78 is 27.9. The second-order valence-electron chi connectivity index (χ2n) is 6.21. The summed E-state index contributed by atoms with van der Waals surface area (Å²) in [6.07, 6.45) is 0.915. The first-order valence-electron chi connectivity index (χ1n) is 7.64. The Labute approximate surface area is 138 Å². The molecular weight excluding hydrogens is 316 g/mol. The molecule has 4 nitrogen and oxygen atoms in total. The fraction of sp³-hybridized carbons (Fsp3) is 0.625. The Morgan fingerprint density at radius 2 is 2.00 bits per heavy atom. The lowest BCUT2D eigenvalue weighted by molar-refractivity contribution is 0.271. The SMILES string of the molecule is Cc1ccc(S(=O)(=O)N2CCCSCC2CN(C)C)cc1C. The molecular formula is C16H26N2O2S2. The number of benzene rings is 1. The van der Waals surface area contributed by atoms with E-state index in [0.717, 1.165) is 35.6 Å². The smallest absolute Gasteiger partial charge is 0.243 e. The molecule has 0 amide bonds. The molecule has 0 aromatic heterocycles. The first kappa shape index (κ1) is 17.8. The van der Waals surface area contributed by atoms with E-state index < -0.39 is 10.0 Å². The summed E-state index contributed by atoms with van der Waals surface area (Å²) in [5.41, 5.74) is 2.14. The van der Waals surface area contributed by atoms with Crippen molar-refractivity contribution in [3.05, 3.63) is 29.3 Å². The van der Waals surface area contributed by atoms with Crippen molar-refractivity contribution in [1.29, 1.82) is 0 Å².